The van der Waals surface area contributed by atoms with E-state index in [1.54, 1.807) is 10.8 Å². The number of pyridine rings is 2. The van der Waals surface area contributed by atoms with Crippen LogP contribution in [0.2, 0.25) is 0 Å². The summed E-state index contributed by atoms with van der Waals surface area (Å²) in [6, 6.07) is 7.57. The highest BCUT2D eigenvalue weighted by Crippen LogP contribution is 2.35. The van der Waals surface area contributed by atoms with E-state index in [4.69, 9.17) is 0 Å². The van der Waals surface area contributed by atoms with E-state index in [9.17, 15) is 9.90 Å². The topological polar surface area (TPSA) is 92.9 Å². The van der Waals surface area contributed by atoms with Gasteiger partial charge in [-0.1, -0.05) is 6.07 Å². The zero-order chi connectivity index (χ0) is 18.3. The van der Waals surface area contributed by atoms with E-state index in [1.165, 1.54) is 0 Å². The van der Waals surface area contributed by atoms with Crippen molar-refractivity contribution in [1.82, 2.24) is 19.5 Å². The highest BCUT2D eigenvalue weighted by atomic mass is 16.3. The molecule has 0 radical (unpaired) electrons. The van der Waals surface area contributed by atoms with E-state index < -0.39 is 5.60 Å². The Morgan fingerprint density at radius 1 is 1.23 bits per heavy atom. The molecule has 2 N–H and O–H groups in total. The standard InChI is InChI=1S/C19H21N5O2/c1-12-4-7-15(20-11-12)24-17-14(6-5-13(2)21-17)22-18(24)23-16(25)10-19(26)8-3-9-19/h4-7,11,26H,3,8-10H2,1-2H3,(H,22,23,25). The predicted octanol–water partition coefficient (Wildman–Crippen LogP) is 2.68. The van der Waals surface area contributed by atoms with Crippen molar-refractivity contribution in [3.8, 4) is 5.82 Å². The summed E-state index contributed by atoms with van der Waals surface area (Å²) >= 11 is 0. The number of aliphatic hydroxyl groups is 1. The average molecular weight is 351 g/mol. The first kappa shape index (κ1) is 16.7. The van der Waals surface area contributed by atoms with Crippen molar-refractivity contribution < 1.29 is 9.90 Å². The van der Waals surface area contributed by atoms with Crippen LogP contribution in [0, 0.1) is 13.8 Å². The smallest absolute Gasteiger partial charge is 0.229 e. The maximum absolute atomic E-state index is 12.4. The van der Waals surface area contributed by atoms with Gasteiger partial charge in [-0.15, -0.1) is 0 Å². The zero-order valence-electron chi connectivity index (χ0n) is 14.9. The van der Waals surface area contributed by atoms with Crippen LogP contribution < -0.4 is 5.32 Å². The van der Waals surface area contributed by atoms with E-state index in [1.807, 2.05) is 38.1 Å². The van der Waals surface area contributed by atoms with Gasteiger partial charge in [0.15, 0.2) is 5.65 Å². The maximum Gasteiger partial charge on any atom is 0.229 e. The van der Waals surface area contributed by atoms with Crippen LogP contribution in [0.1, 0.15) is 36.9 Å². The summed E-state index contributed by atoms with van der Waals surface area (Å²) in [5, 5.41) is 13.1. The molecule has 3 heterocycles. The zero-order valence-corrected chi connectivity index (χ0v) is 14.9. The molecule has 1 aliphatic rings. The van der Waals surface area contributed by atoms with Gasteiger partial charge in [0.2, 0.25) is 11.9 Å². The Labute approximate surface area is 151 Å². The molecule has 1 fully saturated rings. The molecule has 0 saturated heterocycles. The Kier molecular flexibility index (Phi) is 3.96. The third-order valence-electron chi connectivity index (χ3n) is 4.79. The summed E-state index contributed by atoms with van der Waals surface area (Å²) < 4.78 is 1.74. The highest BCUT2D eigenvalue weighted by molar-refractivity contribution is 5.92. The molecule has 0 atom stereocenters. The number of nitrogens with zero attached hydrogens (tertiary/aromatic N) is 4. The largest absolute Gasteiger partial charge is 0.389 e. The van der Waals surface area contributed by atoms with E-state index in [0.29, 0.717) is 35.8 Å². The van der Waals surface area contributed by atoms with Crippen molar-refractivity contribution in [2.45, 2.75) is 45.1 Å². The van der Waals surface area contributed by atoms with Crippen LogP contribution in [0.3, 0.4) is 0 Å². The van der Waals surface area contributed by atoms with Crippen molar-refractivity contribution in [3.63, 3.8) is 0 Å². The van der Waals surface area contributed by atoms with Gasteiger partial charge in [0.05, 0.1) is 12.0 Å². The molecule has 0 aliphatic heterocycles. The molecular weight excluding hydrogens is 330 g/mol. The highest BCUT2D eigenvalue weighted by Gasteiger charge is 2.36. The molecule has 7 nitrogen and oxygen atoms in total. The minimum absolute atomic E-state index is 0.0734. The predicted molar refractivity (Wildman–Crippen MR) is 98.2 cm³/mol. The number of anilines is 1. The van der Waals surface area contributed by atoms with Gasteiger partial charge in [-0.25, -0.2) is 19.5 Å². The van der Waals surface area contributed by atoms with Crippen molar-refractivity contribution >= 4 is 23.0 Å². The third-order valence-corrected chi connectivity index (χ3v) is 4.79. The molecule has 1 amide bonds. The second-order valence-electron chi connectivity index (χ2n) is 7.06. The molecule has 1 saturated carbocycles. The molecule has 0 aromatic carbocycles. The van der Waals surface area contributed by atoms with E-state index in [-0.39, 0.29) is 12.3 Å². The Hall–Kier alpha value is -2.80. The van der Waals surface area contributed by atoms with Gasteiger partial charge in [-0.05, 0) is 56.9 Å². The number of imidazole rings is 1. The van der Waals surface area contributed by atoms with Crippen molar-refractivity contribution in [2.24, 2.45) is 0 Å². The van der Waals surface area contributed by atoms with Gasteiger partial charge in [0.1, 0.15) is 11.3 Å². The molecule has 0 spiro atoms. The van der Waals surface area contributed by atoms with Crippen molar-refractivity contribution in [2.75, 3.05) is 5.32 Å². The number of hydrogen-bond acceptors (Lipinski definition) is 5. The second-order valence-corrected chi connectivity index (χ2v) is 7.06. The van der Waals surface area contributed by atoms with Crippen LogP contribution in [-0.4, -0.2) is 36.1 Å². The Morgan fingerprint density at radius 3 is 2.69 bits per heavy atom. The van der Waals surface area contributed by atoms with Crippen LogP contribution >= 0.6 is 0 Å². The van der Waals surface area contributed by atoms with E-state index in [0.717, 1.165) is 17.7 Å². The molecule has 3 aromatic rings. The van der Waals surface area contributed by atoms with Gasteiger partial charge in [0.25, 0.3) is 0 Å². The van der Waals surface area contributed by atoms with Crippen LogP contribution in [-0.2, 0) is 4.79 Å². The Morgan fingerprint density at radius 2 is 2.04 bits per heavy atom. The number of fused-ring (bicyclic) bond motifs is 1. The number of carbonyl (C=O) groups is 1. The quantitative estimate of drug-likeness (QED) is 0.754. The first-order valence-electron chi connectivity index (χ1n) is 8.75. The Balaban J connectivity index is 1.74. The number of aryl methyl sites for hydroxylation is 2. The van der Waals surface area contributed by atoms with Crippen LogP contribution in [0.4, 0.5) is 5.95 Å². The monoisotopic (exact) mass is 351 g/mol. The number of amides is 1. The lowest BCUT2D eigenvalue weighted by atomic mass is 9.78. The maximum atomic E-state index is 12.4. The molecule has 0 unspecified atom stereocenters. The minimum atomic E-state index is -0.877. The molecule has 3 aromatic heterocycles. The number of rotatable bonds is 4. The number of aromatic nitrogens is 4. The number of hydrogen-bond donors (Lipinski definition) is 2. The molecule has 7 heteroatoms. The first-order valence-corrected chi connectivity index (χ1v) is 8.75. The Bertz CT molecular complexity index is 974. The van der Waals surface area contributed by atoms with Crippen LogP contribution in [0.15, 0.2) is 30.5 Å². The minimum Gasteiger partial charge on any atom is -0.389 e. The van der Waals surface area contributed by atoms with Gasteiger partial charge in [-0.3, -0.25) is 10.1 Å². The summed E-state index contributed by atoms with van der Waals surface area (Å²) in [5.74, 6) is 0.740. The summed E-state index contributed by atoms with van der Waals surface area (Å²) in [6.45, 7) is 3.87. The second kappa shape index (κ2) is 6.17. The molecule has 134 valence electrons. The van der Waals surface area contributed by atoms with Gasteiger partial charge in [-0.2, -0.15) is 0 Å². The molecule has 26 heavy (non-hydrogen) atoms. The fourth-order valence-electron chi connectivity index (χ4n) is 3.17. The summed E-state index contributed by atoms with van der Waals surface area (Å²) in [6.07, 6.45) is 4.12. The molecule has 0 bridgehead atoms. The first-order chi connectivity index (χ1) is 12.4. The fraction of sp³-hybridized carbons (Fsp3) is 0.368. The SMILES string of the molecule is Cc1ccc(-n2c(NC(=O)CC3(O)CCC3)nc3ccc(C)nc32)nc1. The van der Waals surface area contributed by atoms with E-state index >= 15 is 0 Å². The van der Waals surface area contributed by atoms with Crippen molar-refractivity contribution in [1.29, 1.82) is 0 Å². The van der Waals surface area contributed by atoms with Crippen LogP contribution in [0.25, 0.3) is 17.0 Å². The summed E-state index contributed by atoms with van der Waals surface area (Å²) in [4.78, 5) is 26.0. The van der Waals surface area contributed by atoms with Crippen molar-refractivity contribution in [3.05, 3.63) is 41.7 Å². The lowest BCUT2D eigenvalue weighted by molar-refractivity contribution is -0.125. The van der Waals surface area contributed by atoms with Gasteiger partial charge in [0, 0.05) is 11.9 Å². The summed E-state index contributed by atoms with van der Waals surface area (Å²) in [7, 11) is 0. The average Bonchev–Trinajstić information content (AvgIpc) is 2.91. The number of nitrogens with one attached hydrogen (secondary N) is 1. The third kappa shape index (κ3) is 3.06. The normalized spacial score (nSPS) is 15.7. The molecular formula is C19H21N5O2. The van der Waals surface area contributed by atoms with Crippen LogP contribution in [0.5, 0.6) is 0 Å². The fourth-order valence-corrected chi connectivity index (χ4v) is 3.17. The number of carbonyl (C=O) groups excluding carboxylic acids is 1. The lowest BCUT2D eigenvalue weighted by Crippen LogP contribution is -2.40. The molecule has 4 rings (SSSR count). The summed E-state index contributed by atoms with van der Waals surface area (Å²) in [5.41, 5.74) is 2.33. The van der Waals surface area contributed by atoms with Gasteiger partial charge < -0.3 is 5.11 Å². The lowest BCUT2D eigenvalue weighted by Gasteiger charge is -2.35. The van der Waals surface area contributed by atoms with E-state index in [2.05, 4.69) is 20.3 Å². The molecule has 1 aliphatic carbocycles. The van der Waals surface area contributed by atoms with Gasteiger partial charge >= 0.3 is 0 Å².